The maximum atomic E-state index is 11.9. The Balaban J connectivity index is 2.38. The maximum Gasteiger partial charge on any atom is 0.325 e. The fourth-order valence-electron chi connectivity index (χ4n) is 3.17. The van der Waals surface area contributed by atoms with Gasteiger partial charge in [0.1, 0.15) is 5.54 Å². The van der Waals surface area contributed by atoms with E-state index >= 15 is 0 Å². The van der Waals surface area contributed by atoms with Crippen molar-refractivity contribution in [3.8, 4) is 0 Å². The second-order valence-corrected chi connectivity index (χ2v) is 7.29. The van der Waals surface area contributed by atoms with Crippen molar-refractivity contribution in [1.82, 2.24) is 4.31 Å². The van der Waals surface area contributed by atoms with Crippen molar-refractivity contribution in [1.29, 1.82) is 0 Å². The van der Waals surface area contributed by atoms with Crippen molar-refractivity contribution >= 4 is 16.0 Å². The van der Waals surface area contributed by atoms with Crippen LogP contribution in [0.2, 0.25) is 0 Å². The fourth-order valence-corrected chi connectivity index (χ4v) is 5.07. The fraction of sp³-hybridized carbons (Fsp3) is 0.909. The van der Waals surface area contributed by atoms with Gasteiger partial charge in [0.25, 0.3) is 0 Å². The molecule has 2 aliphatic rings. The topological polar surface area (TPSA) is 74.7 Å². The second-order valence-electron chi connectivity index (χ2n) is 5.28. The molecule has 0 radical (unpaired) electrons. The molecule has 2 fully saturated rings. The van der Waals surface area contributed by atoms with Gasteiger partial charge in [0.2, 0.25) is 10.0 Å². The predicted molar refractivity (Wildman–Crippen MR) is 63.1 cm³/mol. The van der Waals surface area contributed by atoms with Crippen LogP contribution in [0.15, 0.2) is 0 Å². The van der Waals surface area contributed by atoms with Crippen molar-refractivity contribution in [2.75, 3.05) is 12.3 Å². The first kappa shape index (κ1) is 12.8. The van der Waals surface area contributed by atoms with Gasteiger partial charge >= 0.3 is 5.97 Å². The number of carbonyl (C=O) groups is 1. The molecule has 1 N–H and O–H groups in total. The summed E-state index contributed by atoms with van der Waals surface area (Å²) >= 11 is 0. The summed E-state index contributed by atoms with van der Waals surface area (Å²) in [5.41, 5.74) is -1.17. The lowest BCUT2D eigenvalue weighted by molar-refractivity contribution is -0.151. The monoisotopic (exact) mass is 261 g/mol. The first-order valence-electron chi connectivity index (χ1n) is 6.12. The van der Waals surface area contributed by atoms with E-state index in [-0.39, 0.29) is 11.7 Å². The lowest BCUT2D eigenvalue weighted by Crippen LogP contribution is -2.57. The van der Waals surface area contributed by atoms with Gasteiger partial charge in [-0.3, -0.25) is 4.79 Å². The quantitative estimate of drug-likeness (QED) is 0.806. The van der Waals surface area contributed by atoms with Crippen LogP contribution in [0.25, 0.3) is 0 Å². The molecule has 6 heteroatoms. The van der Waals surface area contributed by atoms with Gasteiger partial charge in [-0.15, -0.1) is 0 Å². The summed E-state index contributed by atoms with van der Waals surface area (Å²) in [6.45, 7) is 2.36. The molecule has 0 aromatic rings. The predicted octanol–water partition coefficient (Wildman–Crippen LogP) is 1.06. The summed E-state index contributed by atoms with van der Waals surface area (Å²) in [6, 6.07) is 0. The Hall–Kier alpha value is -0.620. The number of sulfonamides is 1. The Morgan fingerprint density at radius 2 is 2.12 bits per heavy atom. The highest BCUT2D eigenvalue weighted by Crippen LogP contribution is 2.40. The molecule has 2 rings (SSSR count). The van der Waals surface area contributed by atoms with Gasteiger partial charge in [-0.05, 0) is 25.2 Å². The third-order valence-corrected chi connectivity index (χ3v) is 5.96. The largest absolute Gasteiger partial charge is 0.480 e. The standard InChI is InChI=1S/C11H19NO4S/c1-9-4-2-5-11(8-9,10(13)14)12-6-3-7-17(12,15)16/h9H,2-8H2,1H3,(H,13,14). The van der Waals surface area contributed by atoms with Crippen molar-refractivity contribution in [2.45, 2.75) is 44.6 Å². The van der Waals surface area contributed by atoms with Crippen LogP contribution < -0.4 is 0 Å². The van der Waals surface area contributed by atoms with E-state index in [2.05, 4.69) is 0 Å². The summed E-state index contributed by atoms with van der Waals surface area (Å²) in [5, 5.41) is 9.49. The highest BCUT2D eigenvalue weighted by atomic mass is 32.2. The Kier molecular flexibility index (Phi) is 3.20. The average molecular weight is 261 g/mol. The number of rotatable bonds is 2. The Morgan fingerprint density at radius 3 is 2.59 bits per heavy atom. The summed E-state index contributed by atoms with van der Waals surface area (Å²) in [4.78, 5) is 11.6. The molecule has 1 saturated carbocycles. The highest BCUT2D eigenvalue weighted by molar-refractivity contribution is 7.89. The van der Waals surface area contributed by atoms with Gasteiger partial charge in [0.15, 0.2) is 0 Å². The third-order valence-electron chi connectivity index (χ3n) is 3.95. The third kappa shape index (κ3) is 2.08. The molecule has 1 aliphatic carbocycles. The van der Waals surface area contributed by atoms with E-state index in [4.69, 9.17) is 0 Å². The van der Waals surface area contributed by atoms with Crippen LogP contribution >= 0.6 is 0 Å². The summed E-state index contributed by atoms with van der Waals surface area (Å²) < 4.78 is 25.1. The van der Waals surface area contributed by atoms with Crippen LogP contribution in [0, 0.1) is 5.92 Å². The van der Waals surface area contributed by atoms with Gasteiger partial charge in [0.05, 0.1) is 5.75 Å². The van der Waals surface area contributed by atoms with Crippen LogP contribution in [0.5, 0.6) is 0 Å². The average Bonchev–Trinajstić information content (AvgIpc) is 2.58. The van der Waals surface area contributed by atoms with E-state index < -0.39 is 21.5 Å². The van der Waals surface area contributed by atoms with E-state index in [1.165, 1.54) is 4.31 Å². The lowest BCUT2D eigenvalue weighted by atomic mass is 9.76. The molecule has 0 bridgehead atoms. The Bertz CT molecular complexity index is 419. The van der Waals surface area contributed by atoms with Gasteiger partial charge < -0.3 is 5.11 Å². The highest BCUT2D eigenvalue weighted by Gasteiger charge is 2.52. The van der Waals surface area contributed by atoms with Gasteiger partial charge in [0, 0.05) is 6.54 Å². The lowest BCUT2D eigenvalue weighted by Gasteiger charge is -2.41. The first-order valence-corrected chi connectivity index (χ1v) is 7.73. The molecule has 1 heterocycles. The number of hydrogen-bond acceptors (Lipinski definition) is 3. The molecule has 2 atom stereocenters. The Labute approximate surface area is 102 Å². The van der Waals surface area contributed by atoms with E-state index in [0.29, 0.717) is 25.8 Å². The van der Waals surface area contributed by atoms with Crippen LogP contribution in [-0.2, 0) is 14.8 Å². The second kappa shape index (κ2) is 4.24. The molecule has 1 saturated heterocycles. The maximum absolute atomic E-state index is 11.9. The van der Waals surface area contributed by atoms with E-state index in [1.807, 2.05) is 6.92 Å². The zero-order valence-electron chi connectivity index (χ0n) is 10.1. The molecule has 98 valence electrons. The number of aliphatic carboxylic acids is 1. The number of hydrogen-bond donors (Lipinski definition) is 1. The van der Waals surface area contributed by atoms with Crippen LogP contribution in [0.3, 0.4) is 0 Å². The zero-order valence-corrected chi connectivity index (χ0v) is 10.9. The summed E-state index contributed by atoms with van der Waals surface area (Å²) in [6.07, 6.45) is 3.22. The van der Waals surface area contributed by atoms with E-state index in [0.717, 1.165) is 12.8 Å². The smallest absolute Gasteiger partial charge is 0.325 e. The number of nitrogens with zero attached hydrogens (tertiary/aromatic N) is 1. The van der Waals surface area contributed by atoms with Crippen LogP contribution in [0.4, 0.5) is 0 Å². The minimum atomic E-state index is -3.36. The van der Waals surface area contributed by atoms with Crippen LogP contribution in [-0.4, -0.2) is 41.6 Å². The minimum absolute atomic E-state index is 0.0937. The minimum Gasteiger partial charge on any atom is -0.480 e. The van der Waals surface area contributed by atoms with Gasteiger partial charge in [-0.25, -0.2) is 8.42 Å². The number of carboxylic acid groups (broad SMARTS) is 1. The Morgan fingerprint density at radius 1 is 1.41 bits per heavy atom. The zero-order chi connectivity index (χ0) is 12.7. The molecule has 5 nitrogen and oxygen atoms in total. The molecule has 0 aromatic heterocycles. The molecular weight excluding hydrogens is 242 g/mol. The summed E-state index contributed by atoms with van der Waals surface area (Å²) in [7, 11) is -3.36. The molecule has 0 aromatic carbocycles. The normalized spacial score (nSPS) is 38.1. The number of carboxylic acids is 1. The molecule has 17 heavy (non-hydrogen) atoms. The first-order chi connectivity index (χ1) is 7.88. The van der Waals surface area contributed by atoms with E-state index in [1.54, 1.807) is 0 Å². The van der Waals surface area contributed by atoms with Gasteiger partial charge in [-0.1, -0.05) is 19.8 Å². The van der Waals surface area contributed by atoms with E-state index in [9.17, 15) is 18.3 Å². The summed E-state index contributed by atoms with van der Waals surface area (Å²) in [5.74, 6) is -0.610. The molecule has 2 unspecified atom stereocenters. The van der Waals surface area contributed by atoms with Crippen molar-refractivity contribution < 1.29 is 18.3 Å². The van der Waals surface area contributed by atoms with Crippen molar-refractivity contribution in [3.05, 3.63) is 0 Å². The van der Waals surface area contributed by atoms with Gasteiger partial charge in [-0.2, -0.15) is 4.31 Å². The van der Waals surface area contributed by atoms with Crippen LogP contribution in [0.1, 0.15) is 39.0 Å². The molecule has 0 amide bonds. The molecular formula is C11H19NO4S. The molecule has 0 spiro atoms. The van der Waals surface area contributed by atoms with Crippen molar-refractivity contribution in [2.24, 2.45) is 5.92 Å². The molecule has 1 aliphatic heterocycles. The SMILES string of the molecule is CC1CCCC(C(=O)O)(N2CCCS2(=O)=O)C1. The van der Waals surface area contributed by atoms with Crippen molar-refractivity contribution in [3.63, 3.8) is 0 Å².